The highest BCUT2D eigenvalue weighted by molar-refractivity contribution is 6.37. The van der Waals surface area contributed by atoms with Crippen LogP contribution in [0, 0.1) is 6.92 Å². The van der Waals surface area contributed by atoms with E-state index >= 15 is 0 Å². The number of benzene rings is 1. The molecule has 0 fully saturated rings. The number of aromatic nitrogens is 1. The van der Waals surface area contributed by atoms with Gasteiger partial charge in [-0.3, -0.25) is 10.1 Å². The highest BCUT2D eigenvalue weighted by Crippen LogP contribution is 2.28. The Balaban J connectivity index is 1.88. The first-order valence-corrected chi connectivity index (χ1v) is 9.59. The normalized spacial score (nSPS) is 10.9. The first kappa shape index (κ1) is 23.4. The van der Waals surface area contributed by atoms with Crippen LogP contribution >= 0.6 is 23.2 Å². The molecule has 0 saturated carbocycles. The zero-order valence-corrected chi connectivity index (χ0v) is 18.4. The molecule has 8 nitrogen and oxygen atoms in total. The minimum atomic E-state index is -0.708. The molecular weight excluding hydrogens is 433 g/mol. The van der Waals surface area contributed by atoms with E-state index in [4.69, 9.17) is 32.7 Å². The van der Waals surface area contributed by atoms with E-state index < -0.39 is 30.2 Å². The van der Waals surface area contributed by atoms with Crippen molar-refractivity contribution in [1.29, 1.82) is 0 Å². The standard InChI is InChI=1S/C20H21Cl2N3O5/c1-11-14(21)9-23-17(16(11)22)25-15(26)10-29-18(27)12-5-7-13(8-6-12)24-19(28)30-20(2,3)4/h5-9H,10H2,1-4H3,(H,24,28)(H,23,25,26). The van der Waals surface area contributed by atoms with Crippen LogP contribution in [0.15, 0.2) is 30.5 Å². The molecule has 0 unspecified atom stereocenters. The predicted molar refractivity (Wildman–Crippen MR) is 114 cm³/mol. The Morgan fingerprint density at radius 2 is 1.70 bits per heavy atom. The average Bonchev–Trinajstić information content (AvgIpc) is 2.65. The molecule has 2 N–H and O–H groups in total. The Bertz CT molecular complexity index is 956. The fourth-order valence-corrected chi connectivity index (χ4v) is 2.53. The number of carbonyl (C=O) groups excluding carboxylic acids is 3. The first-order chi connectivity index (χ1) is 14.0. The van der Waals surface area contributed by atoms with Crippen molar-refractivity contribution in [1.82, 2.24) is 4.98 Å². The Morgan fingerprint density at radius 1 is 1.07 bits per heavy atom. The van der Waals surface area contributed by atoms with Crippen molar-refractivity contribution < 1.29 is 23.9 Å². The van der Waals surface area contributed by atoms with Crippen LogP contribution < -0.4 is 10.6 Å². The van der Waals surface area contributed by atoms with Crippen molar-refractivity contribution >= 4 is 52.7 Å². The molecule has 0 aliphatic carbocycles. The van der Waals surface area contributed by atoms with Crippen molar-refractivity contribution in [3.05, 3.63) is 51.6 Å². The van der Waals surface area contributed by atoms with Gasteiger partial charge in [0, 0.05) is 11.9 Å². The van der Waals surface area contributed by atoms with E-state index in [2.05, 4.69) is 15.6 Å². The third-order valence-corrected chi connectivity index (χ3v) is 4.40. The second-order valence-corrected chi connectivity index (χ2v) is 8.01. The Labute approximate surface area is 183 Å². The molecule has 0 bridgehead atoms. The SMILES string of the molecule is Cc1c(Cl)cnc(NC(=O)COC(=O)c2ccc(NC(=O)OC(C)(C)C)cc2)c1Cl. The zero-order valence-electron chi connectivity index (χ0n) is 16.8. The Kier molecular flexibility index (Phi) is 7.64. The molecule has 1 heterocycles. The molecule has 2 amide bonds. The van der Waals surface area contributed by atoms with Crippen molar-refractivity contribution in [3.63, 3.8) is 0 Å². The molecule has 30 heavy (non-hydrogen) atoms. The number of esters is 1. The number of hydrogen-bond donors (Lipinski definition) is 2. The largest absolute Gasteiger partial charge is 0.452 e. The lowest BCUT2D eigenvalue weighted by atomic mass is 10.2. The number of pyridine rings is 1. The van der Waals surface area contributed by atoms with Crippen LogP contribution in [0.3, 0.4) is 0 Å². The highest BCUT2D eigenvalue weighted by atomic mass is 35.5. The summed E-state index contributed by atoms with van der Waals surface area (Å²) in [5, 5.41) is 5.58. The summed E-state index contributed by atoms with van der Waals surface area (Å²) in [4.78, 5) is 39.8. The highest BCUT2D eigenvalue weighted by Gasteiger charge is 2.17. The van der Waals surface area contributed by atoms with Gasteiger partial charge in [0.2, 0.25) is 0 Å². The lowest BCUT2D eigenvalue weighted by Crippen LogP contribution is -2.27. The summed E-state index contributed by atoms with van der Waals surface area (Å²) >= 11 is 12.0. The number of nitrogens with one attached hydrogen (secondary N) is 2. The maximum Gasteiger partial charge on any atom is 0.412 e. The number of ether oxygens (including phenoxy) is 2. The van der Waals surface area contributed by atoms with E-state index in [0.717, 1.165) is 0 Å². The maximum absolute atomic E-state index is 12.1. The van der Waals surface area contributed by atoms with Gasteiger partial charge in [0.25, 0.3) is 5.91 Å². The van der Waals surface area contributed by atoms with Gasteiger partial charge in [-0.2, -0.15) is 0 Å². The second kappa shape index (κ2) is 9.77. The van der Waals surface area contributed by atoms with Crippen molar-refractivity contribution in [2.75, 3.05) is 17.2 Å². The summed E-state index contributed by atoms with van der Waals surface area (Å²) in [6, 6.07) is 5.93. The number of halogens is 2. The minimum Gasteiger partial charge on any atom is -0.452 e. The van der Waals surface area contributed by atoms with Gasteiger partial charge in [0.05, 0.1) is 15.6 Å². The number of anilines is 2. The molecule has 0 aliphatic heterocycles. The topological polar surface area (TPSA) is 107 Å². The number of carbonyl (C=O) groups is 3. The summed E-state index contributed by atoms with van der Waals surface area (Å²) in [6.45, 7) is 6.40. The minimum absolute atomic E-state index is 0.122. The van der Waals surface area contributed by atoms with Crippen LogP contribution in [-0.4, -0.2) is 35.2 Å². The van der Waals surface area contributed by atoms with Crippen LogP contribution in [0.4, 0.5) is 16.3 Å². The van der Waals surface area contributed by atoms with Crippen molar-refractivity contribution in [3.8, 4) is 0 Å². The molecule has 0 saturated heterocycles. The van der Waals surface area contributed by atoms with E-state index in [1.54, 1.807) is 27.7 Å². The molecule has 2 aromatic rings. The first-order valence-electron chi connectivity index (χ1n) is 8.84. The quantitative estimate of drug-likeness (QED) is 0.627. The summed E-state index contributed by atoms with van der Waals surface area (Å²) in [6.07, 6.45) is 0.747. The van der Waals surface area contributed by atoms with Crippen molar-refractivity contribution in [2.45, 2.75) is 33.3 Å². The van der Waals surface area contributed by atoms with E-state index in [9.17, 15) is 14.4 Å². The van der Waals surface area contributed by atoms with Gasteiger partial charge < -0.3 is 14.8 Å². The molecule has 0 spiro atoms. The number of nitrogens with zero attached hydrogens (tertiary/aromatic N) is 1. The van der Waals surface area contributed by atoms with Crippen LogP contribution in [0.25, 0.3) is 0 Å². The molecule has 2 rings (SSSR count). The molecule has 10 heteroatoms. The second-order valence-electron chi connectivity index (χ2n) is 7.22. The lowest BCUT2D eigenvalue weighted by Gasteiger charge is -2.19. The number of hydrogen-bond acceptors (Lipinski definition) is 6. The Hall–Kier alpha value is -2.84. The van der Waals surface area contributed by atoms with E-state index in [1.165, 1.54) is 30.5 Å². The fraction of sp³-hybridized carbons (Fsp3) is 0.300. The number of rotatable bonds is 5. The van der Waals surface area contributed by atoms with Gasteiger partial charge in [-0.05, 0) is 57.5 Å². The lowest BCUT2D eigenvalue weighted by molar-refractivity contribution is -0.119. The van der Waals surface area contributed by atoms with Gasteiger partial charge in [-0.25, -0.2) is 14.6 Å². The summed E-state index contributed by atoms with van der Waals surface area (Å²) in [7, 11) is 0. The van der Waals surface area contributed by atoms with Crippen LogP contribution in [0.2, 0.25) is 10.0 Å². The smallest absolute Gasteiger partial charge is 0.412 e. The third-order valence-electron chi connectivity index (χ3n) is 3.56. The maximum atomic E-state index is 12.1. The summed E-state index contributed by atoms with van der Waals surface area (Å²) in [5.74, 6) is -1.19. The van der Waals surface area contributed by atoms with Crippen LogP contribution in [0.1, 0.15) is 36.7 Å². The predicted octanol–water partition coefficient (Wildman–Crippen LogP) is 4.84. The van der Waals surface area contributed by atoms with E-state index in [-0.39, 0.29) is 16.4 Å². The van der Waals surface area contributed by atoms with Gasteiger partial charge in [0.15, 0.2) is 12.4 Å². The number of amides is 2. The molecule has 0 radical (unpaired) electrons. The Morgan fingerprint density at radius 3 is 2.30 bits per heavy atom. The third kappa shape index (κ3) is 6.89. The molecule has 0 aliphatic rings. The molecule has 160 valence electrons. The van der Waals surface area contributed by atoms with Gasteiger partial charge in [-0.15, -0.1) is 0 Å². The van der Waals surface area contributed by atoms with Crippen molar-refractivity contribution in [2.24, 2.45) is 0 Å². The molecule has 0 atom stereocenters. The van der Waals surface area contributed by atoms with Crippen LogP contribution in [-0.2, 0) is 14.3 Å². The monoisotopic (exact) mass is 453 g/mol. The summed E-state index contributed by atoms with van der Waals surface area (Å²) in [5.41, 5.74) is 0.591. The van der Waals surface area contributed by atoms with E-state index in [0.29, 0.717) is 16.3 Å². The van der Waals surface area contributed by atoms with Crippen LogP contribution in [0.5, 0.6) is 0 Å². The summed E-state index contributed by atoms with van der Waals surface area (Å²) < 4.78 is 10.1. The van der Waals surface area contributed by atoms with E-state index in [1.807, 2.05) is 0 Å². The van der Waals surface area contributed by atoms with Gasteiger partial charge in [-0.1, -0.05) is 23.2 Å². The molecular formula is C20H21Cl2N3O5. The van der Waals surface area contributed by atoms with Gasteiger partial charge in [0.1, 0.15) is 5.60 Å². The fourth-order valence-electron chi connectivity index (χ4n) is 2.14. The molecule has 1 aromatic heterocycles. The average molecular weight is 454 g/mol. The van der Waals surface area contributed by atoms with Gasteiger partial charge >= 0.3 is 12.1 Å². The zero-order chi connectivity index (χ0) is 22.5. The molecule has 1 aromatic carbocycles.